The van der Waals surface area contributed by atoms with Gasteiger partial charge in [-0.15, -0.1) is 10.2 Å². The lowest BCUT2D eigenvalue weighted by Gasteiger charge is -2.15. The Morgan fingerprint density at radius 3 is 2.53 bits per heavy atom. The molecule has 0 aliphatic heterocycles. The van der Waals surface area contributed by atoms with Crippen LogP contribution in [0.4, 0.5) is 5.13 Å². The average Bonchev–Trinajstić information content (AvgIpc) is 3.31. The van der Waals surface area contributed by atoms with Gasteiger partial charge in [-0.1, -0.05) is 48.9 Å². The maximum atomic E-state index is 12.8. The molecule has 0 radical (unpaired) electrons. The first-order chi connectivity index (χ1) is 14.0. The van der Waals surface area contributed by atoms with Crippen LogP contribution < -0.4 is 5.32 Å². The van der Waals surface area contributed by atoms with E-state index in [-0.39, 0.29) is 27.8 Å². The molecule has 1 aromatic carbocycles. The Labute approximate surface area is 182 Å². The standard InChI is InChI=1S/C17H19ClN6O4S2/c1-17(2,3)14(25)20-15-21-22-16(29-15)30(26,27)24(4)9-12-19-13(23-28-12)10-5-7-11(18)8-6-10/h5-8H,9H2,1-4H3,(H,20,21,25). The molecule has 3 aromatic rings. The van der Waals surface area contributed by atoms with Crippen molar-refractivity contribution in [2.45, 2.75) is 31.7 Å². The Hall–Kier alpha value is -2.41. The third-order valence-corrected chi connectivity index (χ3v) is 7.11. The molecule has 10 nitrogen and oxygen atoms in total. The van der Waals surface area contributed by atoms with Crippen molar-refractivity contribution >= 4 is 44.0 Å². The van der Waals surface area contributed by atoms with Gasteiger partial charge in [0.25, 0.3) is 10.0 Å². The average molecular weight is 471 g/mol. The molecule has 0 unspecified atom stereocenters. The number of carbonyl (C=O) groups is 1. The number of hydrogen-bond acceptors (Lipinski definition) is 9. The van der Waals surface area contributed by atoms with E-state index < -0.39 is 15.4 Å². The first-order valence-electron chi connectivity index (χ1n) is 8.66. The smallest absolute Gasteiger partial charge is 0.272 e. The van der Waals surface area contributed by atoms with Gasteiger partial charge in [0.1, 0.15) is 0 Å². The number of rotatable bonds is 6. The van der Waals surface area contributed by atoms with Crippen molar-refractivity contribution in [3.63, 3.8) is 0 Å². The lowest BCUT2D eigenvalue weighted by Crippen LogP contribution is -2.27. The van der Waals surface area contributed by atoms with Gasteiger partial charge in [-0.3, -0.25) is 4.79 Å². The zero-order chi connectivity index (χ0) is 22.1. The summed E-state index contributed by atoms with van der Waals surface area (Å²) in [6, 6.07) is 6.84. The van der Waals surface area contributed by atoms with Crippen LogP contribution in [0, 0.1) is 5.41 Å². The van der Waals surface area contributed by atoms with Gasteiger partial charge in [-0.2, -0.15) is 9.29 Å². The summed E-state index contributed by atoms with van der Waals surface area (Å²) < 4.78 is 31.4. The highest BCUT2D eigenvalue weighted by Crippen LogP contribution is 2.26. The maximum Gasteiger partial charge on any atom is 0.272 e. The van der Waals surface area contributed by atoms with Crippen LogP contribution in [-0.4, -0.2) is 46.0 Å². The summed E-state index contributed by atoms with van der Waals surface area (Å²) >= 11 is 6.63. The fraction of sp³-hybridized carbons (Fsp3) is 0.353. The van der Waals surface area contributed by atoms with E-state index in [9.17, 15) is 13.2 Å². The fourth-order valence-corrected chi connectivity index (χ4v) is 4.42. The molecule has 30 heavy (non-hydrogen) atoms. The molecule has 0 spiro atoms. The molecule has 3 rings (SSSR count). The van der Waals surface area contributed by atoms with E-state index in [0.717, 1.165) is 15.6 Å². The molecule has 1 amide bonds. The third-order valence-electron chi connectivity index (χ3n) is 3.87. The molecule has 0 atom stereocenters. The first kappa shape index (κ1) is 22.3. The predicted octanol–water partition coefficient (Wildman–Crippen LogP) is 3.05. The normalized spacial score (nSPS) is 12.3. The van der Waals surface area contributed by atoms with E-state index in [1.807, 2.05) is 0 Å². The number of nitrogens with one attached hydrogen (secondary N) is 1. The molecule has 1 N–H and O–H groups in total. The van der Waals surface area contributed by atoms with Gasteiger partial charge in [0.15, 0.2) is 0 Å². The summed E-state index contributed by atoms with van der Waals surface area (Å²) in [7, 11) is -2.61. The lowest BCUT2D eigenvalue weighted by molar-refractivity contribution is -0.123. The van der Waals surface area contributed by atoms with E-state index >= 15 is 0 Å². The van der Waals surface area contributed by atoms with Crippen molar-refractivity contribution in [2.24, 2.45) is 5.41 Å². The maximum absolute atomic E-state index is 12.8. The number of halogens is 1. The second-order valence-corrected chi connectivity index (χ2v) is 11.0. The van der Waals surface area contributed by atoms with Gasteiger partial charge in [0.05, 0.1) is 6.54 Å². The molecular formula is C17H19ClN6O4S2. The van der Waals surface area contributed by atoms with E-state index in [4.69, 9.17) is 16.1 Å². The second kappa shape index (κ2) is 8.38. The van der Waals surface area contributed by atoms with Crippen molar-refractivity contribution in [2.75, 3.05) is 12.4 Å². The topological polar surface area (TPSA) is 131 Å². The second-order valence-electron chi connectivity index (χ2n) is 7.36. The van der Waals surface area contributed by atoms with Crippen LogP contribution in [0.3, 0.4) is 0 Å². The van der Waals surface area contributed by atoms with Crippen LogP contribution in [0.15, 0.2) is 33.1 Å². The minimum Gasteiger partial charge on any atom is -0.338 e. The summed E-state index contributed by atoms with van der Waals surface area (Å²) in [6.45, 7) is 5.04. The number of nitrogens with zero attached hydrogens (tertiary/aromatic N) is 5. The zero-order valence-electron chi connectivity index (χ0n) is 16.6. The quantitative estimate of drug-likeness (QED) is 0.543. The number of sulfonamides is 1. The molecule has 2 heterocycles. The predicted molar refractivity (Wildman–Crippen MR) is 111 cm³/mol. The number of hydrogen-bond donors (Lipinski definition) is 1. The van der Waals surface area contributed by atoms with Crippen molar-refractivity contribution in [3.8, 4) is 11.4 Å². The molecule has 0 saturated heterocycles. The number of carbonyl (C=O) groups excluding carboxylic acids is 1. The number of benzene rings is 1. The Morgan fingerprint density at radius 2 is 1.90 bits per heavy atom. The molecule has 13 heteroatoms. The molecule has 0 fully saturated rings. The molecule has 0 aliphatic carbocycles. The number of amides is 1. The zero-order valence-corrected chi connectivity index (χ0v) is 19.0. The van der Waals surface area contributed by atoms with Crippen LogP contribution in [-0.2, 0) is 21.4 Å². The first-order valence-corrected chi connectivity index (χ1v) is 11.3. The minimum absolute atomic E-state index is 0.102. The van der Waals surface area contributed by atoms with E-state index in [0.29, 0.717) is 16.4 Å². The van der Waals surface area contributed by atoms with Gasteiger partial charge >= 0.3 is 0 Å². The van der Waals surface area contributed by atoms with Crippen molar-refractivity contribution < 1.29 is 17.7 Å². The van der Waals surface area contributed by atoms with Gasteiger partial charge < -0.3 is 9.84 Å². The third kappa shape index (κ3) is 5.01. The Kier molecular flexibility index (Phi) is 6.22. The molecule has 0 bridgehead atoms. The monoisotopic (exact) mass is 470 g/mol. The van der Waals surface area contributed by atoms with Crippen LogP contribution in [0.25, 0.3) is 11.4 Å². The van der Waals surface area contributed by atoms with Crippen LogP contribution >= 0.6 is 22.9 Å². The largest absolute Gasteiger partial charge is 0.338 e. The highest BCUT2D eigenvalue weighted by Gasteiger charge is 2.29. The van der Waals surface area contributed by atoms with Gasteiger partial charge in [-0.05, 0) is 24.3 Å². The summed E-state index contributed by atoms with van der Waals surface area (Å²) in [5.74, 6) is 0.129. The summed E-state index contributed by atoms with van der Waals surface area (Å²) in [4.78, 5) is 16.3. The van der Waals surface area contributed by atoms with Gasteiger partial charge in [0.2, 0.25) is 27.1 Å². The van der Waals surface area contributed by atoms with Crippen LogP contribution in [0.5, 0.6) is 0 Å². The van der Waals surface area contributed by atoms with Crippen LogP contribution in [0.1, 0.15) is 26.7 Å². The highest BCUT2D eigenvalue weighted by atomic mass is 35.5. The van der Waals surface area contributed by atoms with E-state index in [1.165, 1.54) is 7.05 Å². The van der Waals surface area contributed by atoms with Gasteiger partial charge in [-0.25, -0.2) is 8.42 Å². The number of anilines is 1. The van der Waals surface area contributed by atoms with Crippen LogP contribution in [0.2, 0.25) is 5.02 Å². The minimum atomic E-state index is -3.97. The summed E-state index contributed by atoms with van der Waals surface area (Å²) in [6.07, 6.45) is 0. The Balaban J connectivity index is 1.71. The van der Waals surface area contributed by atoms with E-state index in [1.54, 1.807) is 45.0 Å². The lowest BCUT2D eigenvalue weighted by atomic mass is 9.96. The highest BCUT2D eigenvalue weighted by molar-refractivity contribution is 7.91. The Bertz CT molecular complexity index is 1150. The molecule has 0 aliphatic rings. The molecular weight excluding hydrogens is 452 g/mol. The van der Waals surface area contributed by atoms with Crippen molar-refractivity contribution in [3.05, 3.63) is 35.2 Å². The molecule has 0 saturated carbocycles. The summed E-state index contributed by atoms with van der Waals surface area (Å²) in [5, 5.41) is 14.5. The molecule has 160 valence electrons. The SMILES string of the molecule is CN(Cc1nc(-c2ccc(Cl)cc2)no1)S(=O)(=O)c1nnc(NC(=O)C(C)(C)C)s1. The van der Waals surface area contributed by atoms with Crippen molar-refractivity contribution in [1.82, 2.24) is 24.6 Å². The molecule has 2 aromatic heterocycles. The Morgan fingerprint density at radius 1 is 1.23 bits per heavy atom. The number of aromatic nitrogens is 4. The van der Waals surface area contributed by atoms with E-state index in [2.05, 4.69) is 25.7 Å². The van der Waals surface area contributed by atoms with Crippen molar-refractivity contribution in [1.29, 1.82) is 0 Å². The van der Waals surface area contributed by atoms with Gasteiger partial charge in [0, 0.05) is 23.0 Å². The fourth-order valence-electron chi connectivity index (χ4n) is 2.09. The summed E-state index contributed by atoms with van der Waals surface area (Å²) in [5.41, 5.74) is 0.0320.